The van der Waals surface area contributed by atoms with Crippen LogP contribution < -0.4 is 10.6 Å². The molecule has 20 heavy (non-hydrogen) atoms. The van der Waals surface area contributed by atoms with Crippen LogP contribution in [-0.2, 0) is 17.6 Å². The lowest BCUT2D eigenvalue weighted by molar-refractivity contribution is -0.120. The van der Waals surface area contributed by atoms with E-state index in [4.69, 9.17) is 0 Å². The Kier molecular flexibility index (Phi) is 5.60. The second-order valence-electron chi connectivity index (χ2n) is 5.69. The molecule has 0 aromatic heterocycles. The molecule has 1 aliphatic carbocycles. The third-order valence-corrected chi connectivity index (χ3v) is 4.01. The summed E-state index contributed by atoms with van der Waals surface area (Å²) in [5, 5.41) is 6.19. The molecule has 1 aliphatic rings. The number of nitrogens with one attached hydrogen (secondary N) is 2. The number of rotatable bonds is 6. The highest BCUT2D eigenvalue weighted by atomic mass is 16.1. The largest absolute Gasteiger partial charge is 0.355 e. The predicted molar refractivity (Wildman–Crippen MR) is 82.8 cm³/mol. The van der Waals surface area contributed by atoms with Gasteiger partial charge in [0.1, 0.15) is 0 Å². The Bertz CT molecular complexity index is 456. The molecule has 3 heteroatoms. The van der Waals surface area contributed by atoms with Crippen molar-refractivity contribution >= 4 is 5.91 Å². The normalized spacial score (nSPS) is 15.5. The Balaban J connectivity index is 1.89. The maximum Gasteiger partial charge on any atom is 0.233 e. The number of carbonyl (C=O) groups is 1. The van der Waals surface area contributed by atoms with Crippen molar-refractivity contribution < 1.29 is 4.79 Å². The van der Waals surface area contributed by atoms with Crippen LogP contribution in [0.1, 0.15) is 55.8 Å². The summed E-state index contributed by atoms with van der Waals surface area (Å²) < 4.78 is 0. The Morgan fingerprint density at radius 3 is 2.75 bits per heavy atom. The van der Waals surface area contributed by atoms with Crippen molar-refractivity contribution in [3.05, 3.63) is 34.9 Å². The van der Waals surface area contributed by atoms with E-state index in [-0.39, 0.29) is 11.9 Å². The first-order valence-corrected chi connectivity index (χ1v) is 7.82. The number of hydrogen-bond acceptors (Lipinski definition) is 2. The molecule has 0 heterocycles. The minimum Gasteiger partial charge on any atom is -0.355 e. The van der Waals surface area contributed by atoms with Crippen LogP contribution >= 0.6 is 0 Å². The maximum absolute atomic E-state index is 11.6. The molecule has 0 aliphatic heterocycles. The van der Waals surface area contributed by atoms with Crippen molar-refractivity contribution in [2.75, 3.05) is 13.1 Å². The lowest BCUT2D eigenvalue weighted by Crippen LogP contribution is -2.35. The molecule has 0 saturated carbocycles. The van der Waals surface area contributed by atoms with Gasteiger partial charge in [-0.3, -0.25) is 4.79 Å². The van der Waals surface area contributed by atoms with Crippen LogP contribution in [0.4, 0.5) is 0 Å². The van der Waals surface area contributed by atoms with Crippen LogP contribution in [0.25, 0.3) is 0 Å². The van der Waals surface area contributed by atoms with Crippen molar-refractivity contribution in [3.63, 3.8) is 0 Å². The molecule has 110 valence electrons. The van der Waals surface area contributed by atoms with Gasteiger partial charge >= 0.3 is 0 Å². The Morgan fingerprint density at radius 2 is 2.00 bits per heavy atom. The molecule has 0 fully saturated rings. The molecule has 1 amide bonds. The third kappa shape index (κ3) is 4.07. The summed E-state index contributed by atoms with van der Waals surface area (Å²) in [7, 11) is 0. The second-order valence-corrected chi connectivity index (χ2v) is 5.69. The fourth-order valence-corrected chi connectivity index (χ4v) is 2.71. The molecular formula is C17H26N2O. The number of benzene rings is 1. The zero-order valence-corrected chi connectivity index (χ0v) is 12.7. The van der Waals surface area contributed by atoms with Crippen LogP contribution in [-0.4, -0.2) is 19.0 Å². The Labute approximate surface area is 122 Å². The van der Waals surface area contributed by atoms with E-state index >= 15 is 0 Å². The van der Waals surface area contributed by atoms with Crippen molar-refractivity contribution in [1.82, 2.24) is 10.6 Å². The van der Waals surface area contributed by atoms with Gasteiger partial charge in [-0.15, -0.1) is 0 Å². The minimum absolute atomic E-state index is 0.0802. The van der Waals surface area contributed by atoms with Crippen molar-refractivity contribution in [2.24, 2.45) is 0 Å². The molecular weight excluding hydrogens is 248 g/mol. The third-order valence-electron chi connectivity index (χ3n) is 4.01. The van der Waals surface area contributed by atoms with E-state index in [0.29, 0.717) is 6.54 Å². The van der Waals surface area contributed by atoms with Crippen molar-refractivity contribution in [1.29, 1.82) is 0 Å². The maximum atomic E-state index is 11.6. The van der Waals surface area contributed by atoms with Crippen molar-refractivity contribution in [2.45, 2.75) is 52.0 Å². The summed E-state index contributed by atoms with van der Waals surface area (Å²) in [5.41, 5.74) is 4.29. The monoisotopic (exact) mass is 274 g/mol. The smallest absolute Gasteiger partial charge is 0.233 e. The van der Waals surface area contributed by atoms with E-state index in [1.165, 1.54) is 42.4 Å². The van der Waals surface area contributed by atoms with Gasteiger partial charge < -0.3 is 10.6 Å². The van der Waals surface area contributed by atoms with Crippen LogP contribution in [0.3, 0.4) is 0 Å². The van der Waals surface area contributed by atoms with E-state index in [0.717, 1.165) is 13.0 Å². The quantitative estimate of drug-likeness (QED) is 0.837. The van der Waals surface area contributed by atoms with Crippen LogP contribution in [0.15, 0.2) is 18.2 Å². The van der Waals surface area contributed by atoms with Crippen LogP contribution in [0, 0.1) is 0 Å². The number of hydrogen-bond donors (Lipinski definition) is 2. The van der Waals surface area contributed by atoms with Gasteiger partial charge in [-0.25, -0.2) is 0 Å². The summed E-state index contributed by atoms with van der Waals surface area (Å²) in [6.45, 7) is 5.33. The molecule has 3 nitrogen and oxygen atoms in total. The van der Waals surface area contributed by atoms with E-state index in [9.17, 15) is 4.79 Å². The van der Waals surface area contributed by atoms with Gasteiger partial charge in [-0.05, 0) is 55.7 Å². The van der Waals surface area contributed by atoms with Gasteiger partial charge in [-0.1, -0.05) is 25.1 Å². The average Bonchev–Trinajstić information content (AvgIpc) is 2.50. The fraction of sp³-hybridized carbons (Fsp3) is 0.588. The molecule has 2 N–H and O–H groups in total. The minimum atomic E-state index is 0.0802. The molecule has 1 unspecified atom stereocenters. The van der Waals surface area contributed by atoms with Gasteiger partial charge in [-0.2, -0.15) is 0 Å². The van der Waals surface area contributed by atoms with Gasteiger partial charge in [0.2, 0.25) is 5.91 Å². The number of aryl methyl sites for hydroxylation is 2. The summed E-state index contributed by atoms with van der Waals surface area (Å²) in [5.74, 6) is 0.0802. The van der Waals surface area contributed by atoms with Crippen LogP contribution in [0.5, 0.6) is 0 Å². The van der Waals surface area contributed by atoms with Gasteiger partial charge in [0.25, 0.3) is 0 Å². The summed E-state index contributed by atoms with van der Waals surface area (Å²) in [4.78, 5) is 11.6. The zero-order valence-electron chi connectivity index (χ0n) is 12.7. The molecule has 1 aromatic carbocycles. The number of carbonyl (C=O) groups excluding carboxylic acids is 1. The Hall–Kier alpha value is -1.35. The molecule has 1 atom stereocenters. The van der Waals surface area contributed by atoms with E-state index in [1.807, 2.05) is 0 Å². The lowest BCUT2D eigenvalue weighted by Gasteiger charge is -2.20. The Morgan fingerprint density at radius 1 is 1.25 bits per heavy atom. The average molecular weight is 274 g/mol. The standard InChI is InChI=1S/C17H26N2O/c1-3-10-18-17(20)12-19-13(2)15-9-8-14-6-4-5-7-16(14)11-15/h8-9,11,13,19H,3-7,10,12H2,1-2H3,(H,18,20). The highest BCUT2D eigenvalue weighted by Gasteiger charge is 2.12. The molecule has 0 radical (unpaired) electrons. The summed E-state index contributed by atoms with van der Waals surface area (Å²) in [6, 6.07) is 7.00. The summed E-state index contributed by atoms with van der Waals surface area (Å²) >= 11 is 0. The first-order valence-electron chi connectivity index (χ1n) is 7.82. The van der Waals surface area contributed by atoms with Crippen molar-refractivity contribution in [3.8, 4) is 0 Å². The predicted octanol–water partition coefficient (Wildman–Crippen LogP) is 2.74. The van der Waals surface area contributed by atoms with E-state index in [1.54, 1.807) is 0 Å². The van der Waals surface area contributed by atoms with E-state index in [2.05, 4.69) is 42.7 Å². The topological polar surface area (TPSA) is 41.1 Å². The second kappa shape index (κ2) is 7.44. The lowest BCUT2D eigenvalue weighted by atomic mass is 9.89. The highest BCUT2D eigenvalue weighted by Crippen LogP contribution is 2.24. The zero-order chi connectivity index (χ0) is 14.4. The molecule has 1 aromatic rings. The van der Waals surface area contributed by atoms with Gasteiger partial charge in [0.05, 0.1) is 6.54 Å². The molecule has 0 saturated heterocycles. The number of fused-ring (bicyclic) bond motifs is 1. The fourth-order valence-electron chi connectivity index (χ4n) is 2.71. The molecule has 0 bridgehead atoms. The molecule has 0 spiro atoms. The highest BCUT2D eigenvalue weighted by molar-refractivity contribution is 5.77. The van der Waals surface area contributed by atoms with Crippen LogP contribution in [0.2, 0.25) is 0 Å². The van der Waals surface area contributed by atoms with Gasteiger partial charge in [0.15, 0.2) is 0 Å². The SMILES string of the molecule is CCCNC(=O)CNC(C)c1ccc2c(c1)CCCC2. The van der Waals surface area contributed by atoms with Gasteiger partial charge in [0, 0.05) is 12.6 Å². The summed E-state index contributed by atoms with van der Waals surface area (Å²) in [6.07, 6.45) is 6.02. The van der Waals surface area contributed by atoms with E-state index < -0.39 is 0 Å². The molecule has 2 rings (SSSR count). The first kappa shape index (κ1) is 15.0. The number of amides is 1. The first-order chi connectivity index (χ1) is 9.70.